The van der Waals surface area contributed by atoms with Gasteiger partial charge < -0.3 is 10.6 Å². The predicted molar refractivity (Wildman–Crippen MR) is 78.5 cm³/mol. The van der Waals surface area contributed by atoms with Crippen LogP contribution < -0.4 is 10.6 Å². The quantitative estimate of drug-likeness (QED) is 0.801. The van der Waals surface area contributed by atoms with Crippen molar-refractivity contribution in [3.05, 3.63) is 0 Å². The van der Waals surface area contributed by atoms with Crippen molar-refractivity contribution in [2.24, 2.45) is 10.9 Å². The summed E-state index contributed by atoms with van der Waals surface area (Å²) in [4.78, 5) is 5.03. The Morgan fingerprint density at radius 1 is 1.16 bits per heavy atom. The lowest BCUT2D eigenvalue weighted by Gasteiger charge is -2.35. The van der Waals surface area contributed by atoms with Crippen LogP contribution in [0, 0.1) is 5.92 Å². The van der Waals surface area contributed by atoms with Crippen molar-refractivity contribution in [1.82, 2.24) is 10.6 Å². The van der Waals surface area contributed by atoms with E-state index >= 15 is 0 Å². The van der Waals surface area contributed by atoms with Crippen LogP contribution in [0.1, 0.15) is 64.7 Å². The smallest absolute Gasteiger partial charge is 0.0975 e. The third-order valence-electron chi connectivity index (χ3n) is 5.95. The number of nitrogens with one attached hydrogen (secondary N) is 2. The Kier molecular flexibility index (Phi) is 2.87. The Balaban J connectivity index is 1.41. The predicted octanol–water partition coefficient (Wildman–Crippen LogP) is 2.61. The van der Waals surface area contributed by atoms with Gasteiger partial charge in [0.1, 0.15) is 0 Å². The number of fused-ring (bicyclic) bond motifs is 3. The number of hydrogen-bond donors (Lipinski definition) is 2. The van der Waals surface area contributed by atoms with Crippen LogP contribution in [0.3, 0.4) is 0 Å². The van der Waals surface area contributed by atoms with Crippen molar-refractivity contribution in [3.63, 3.8) is 0 Å². The van der Waals surface area contributed by atoms with Gasteiger partial charge in [0.05, 0.1) is 17.4 Å². The van der Waals surface area contributed by atoms with Crippen LogP contribution in [0.15, 0.2) is 4.99 Å². The summed E-state index contributed by atoms with van der Waals surface area (Å²) in [7, 11) is 0. The zero-order valence-corrected chi connectivity index (χ0v) is 12.1. The zero-order valence-electron chi connectivity index (χ0n) is 12.1. The largest absolute Gasteiger partial charge is 0.367 e. The summed E-state index contributed by atoms with van der Waals surface area (Å²) in [6.07, 6.45) is 12.1. The molecule has 3 fully saturated rings. The maximum atomic E-state index is 5.03. The van der Waals surface area contributed by atoms with Gasteiger partial charge in [0.25, 0.3) is 0 Å². The summed E-state index contributed by atoms with van der Waals surface area (Å²) >= 11 is 0. The fraction of sp³-hybridized carbons (Fsp3) is 0.938. The average Bonchev–Trinajstić information content (AvgIpc) is 2.88. The fourth-order valence-corrected chi connectivity index (χ4v) is 4.94. The Morgan fingerprint density at radius 3 is 2.68 bits per heavy atom. The summed E-state index contributed by atoms with van der Waals surface area (Å²) in [5.41, 5.74) is 0.291. The van der Waals surface area contributed by atoms with Gasteiger partial charge in [-0.05, 0) is 51.4 Å². The normalized spacial score (nSPS) is 48.6. The second-order valence-electron chi connectivity index (χ2n) is 7.56. The summed E-state index contributed by atoms with van der Waals surface area (Å²) in [6, 6.07) is 2.18. The molecule has 2 N–H and O–H groups in total. The molecular weight excluding hydrogens is 234 g/mol. The van der Waals surface area contributed by atoms with E-state index in [1.165, 1.54) is 63.6 Å². The van der Waals surface area contributed by atoms with Crippen LogP contribution in [0.2, 0.25) is 0 Å². The average molecular weight is 261 g/mol. The first-order valence-corrected chi connectivity index (χ1v) is 8.32. The molecule has 5 atom stereocenters. The lowest BCUT2D eigenvalue weighted by atomic mass is 9.80. The van der Waals surface area contributed by atoms with Crippen molar-refractivity contribution < 1.29 is 0 Å². The molecule has 0 amide bonds. The van der Waals surface area contributed by atoms with Gasteiger partial charge in [0.15, 0.2) is 0 Å². The first-order chi connectivity index (χ1) is 9.21. The van der Waals surface area contributed by atoms with Crippen molar-refractivity contribution in [3.8, 4) is 0 Å². The molecule has 0 spiro atoms. The van der Waals surface area contributed by atoms with Gasteiger partial charge in [-0.2, -0.15) is 0 Å². The second-order valence-corrected chi connectivity index (χ2v) is 7.56. The molecular formula is C16H27N3. The first-order valence-electron chi connectivity index (χ1n) is 8.32. The minimum absolute atomic E-state index is 0.291. The molecule has 0 aromatic carbocycles. The minimum Gasteiger partial charge on any atom is -0.367 e. The van der Waals surface area contributed by atoms with E-state index in [9.17, 15) is 0 Å². The summed E-state index contributed by atoms with van der Waals surface area (Å²) in [6.45, 7) is 2.39. The van der Waals surface area contributed by atoms with Crippen molar-refractivity contribution in [2.75, 3.05) is 0 Å². The molecule has 19 heavy (non-hydrogen) atoms. The van der Waals surface area contributed by atoms with Crippen molar-refractivity contribution in [1.29, 1.82) is 0 Å². The third-order valence-corrected chi connectivity index (χ3v) is 5.95. The molecule has 3 nitrogen and oxygen atoms in total. The lowest BCUT2D eigenvalue weighted by Crippen LogP contribution is -2.49. The minimum atomic E-state index is 0.291. The molecule has 2 bridgehead atoms. The highest BCUT2D eigenvalue weighted by Gasteiger charge is 2.42. The van der Waals surface area contributed by atoms with Gasteiger partial charge in [0, 0.05) is 18.5 Å². The van der Waals surface area contributed by atoms with Crippen molar-refractivity contribution >= 4 is 5.84 Å². The maximum absolute atomic E-state index is 5.03. The molecule has 1 aliphatic carbocycles. The van der Waals surface area contributed by atoms with Crippen LogP contribution in [0.5, 0.6) is 0 Å². The molecule has 3 heterocycles. The Bertz CT molecular complexity index is 379. The maximum Gasteiger partial charge on any atom is 0.0975 e. The Labute approximate surface area is 116 Å². The van der Waals surface area contributed by atoms with E-state index in [-0.39, 0.29) is 0 Å². The molecule has 106 valence electrons. The zero-order chi connectivity index (χ0) is 12.9. The van der Waals surface area contributed by atoms with E-state index in [1.54, 1.807) is 0 Å². The van der Waals surface area contributed by atoms with Crippen LogP contribution in [0.25, 0.3) is 0 Å². The number of piperidine rings is 1. The van der Waals surface area contributed by atoms with Crippen LogP contribution in [0.4, 0.5) is 0 Å². The number of hydrogen-bond acceptors (Lipinski definition) is 3. The molecule has 4 aliphatic rings. The highest BCUT2D eigenvalue weighted by Crippen LogP contribution is 2.37. The van der Waals surface area contributed by atoms with Crippen LogP contribution in [-0.2, 0) is 0 Å². The first kappa shape index (κ1) is 12.2. The highest BCUT2D eigenvalue weighted by molar-refractivity contribution is 5.85. The number of aliphatic imine (C=N–C) groups is 1. The summed E-state index contributed by atoms with van der Waals surface area (Å²) in [5, 5.41) is 7.54. The molecule has 4 rings (SSSR count). The van der Waals surface area contributed by atoms with Crippen molar-refractivity contribution in [2.45, 2.75) is 88.4 Å². The van der Waals surface area contributed by atoms with Crippen LogP contribution >= 0.6 is 0 Å². The molecule has 0 radical (unpaired) electrons. The molecule has 3 heteroatoms. The van der Waals surface area contributed by atoms with E-state index < -0.39 is 0 Å². The topological polar surface area (TPSA) is 36.4 Å². The molecule has 2 saturated heterocycles. The SMILES string of the molecule is CC12CCCCC1N=C(CC1C[C@H]3CC[C@@H](C1)N3)N2. The Morgan fingerprint density at radius 2 is 1.95 bits per heavy atom. The van der Waals surface area contributed by atoms with Gasteiger partial charge in [-0.25, -0.2) is 0 Å². The Hall–Kier alpha value is -0.570. The molecule has 3 unspecified atom stereocenters. The lowest BCUT2D eigenvalue weighted by molar-refractivity contribution is 0.268. The van der Waals surface area contributed by atoms with Gasteiger partial charge in [-0.3, -0.25) is 4.99 Å². The van der Waals surface area contributed by atoms with E-state index in [2.05, 4.69) is 17.6 Å². The van der Waals surface area contributed by atoms with E-state index in [0.29, 0.717) is 11.6 Å². The highest BCUT2D eigenvalue weighted by atomic mass is 15.2. The number of nitrogens with zero attached hydrogens (tertiary/aromatic N) is 1. The number of rotatable bonds is 2. The number of amidine groups is 1. The molecule has 0 aromatic rings. The molecule has 3 aliphatic heterocycles. The van der Waals surface area contributed by atoms with Gasteiger partial charge >= 0.3 is 0 Å². The van der Waals surface area contributed by atoms with Gasteiger partial charge in [0.2, 0.25) is 0 Å². The van der Waals surface area contributed by atoms with Crippen LogP contribution in [-0.4, -0.2) is 29.5 Å². The molecule has 1 saturated carbocycles. The second kappa shape index (κ2) is 4.47. The summed E-state index contributed by atoms with van der Waals surface area (Å²) < 4.78 is 0. The summed E-state index contributed by atoms with van der Waals surface area (Å²) in [5.74, 6) is 2.20. The van der Waals surface area contributed by atoms with E-state index in [4.69, 9.17) is 4.99 Å². The van der Waals surface area contributed by atoms with E-state index in [1.807, 2.05) is 0 Å². The van der Waals surface area contributed by atoms with Gasteiger partial charge in [-0.15, -0.1) is 0 Å². The molecule has 0 aromatic heterocycles. The third kappa shape index (κ3) is 2.20. The van der Waals surface area contributed by atoms with Gasteiger partial charge in [-0.1, -0.05) is 12.8 Å². The van der Waals surface area contributed by atoms with E-state index in [0.717, 1.165) is 18.0 Å². The monoisotopic (exact) mass is 261 g/mol. The standard InChI is InChI=1S/C16H27N3/c1-16-7-3-2-4-14(16)18-15(19-16)10-11-8-12-5-6-13(9-11)17-12/h11-14,17H,2-10H2,1H3,(H,18,19)/t11?,12-,13+,14?,16?. The fourth-order valence-electron chi connectivity index (χ4n) is 4.94.